The van der Waals surface area contributed by atoms with Crippen LogP contribution in [0.25, 0.3) is 0 Å². The highest BCUT2D eigenvalue weighted by molar-refractivity contribution is 5.12. The third-order valence-electron chi connectivity index (χ3n) is 3.93. The summed E-state index contributed by atoms with van der Waals surface area (Å²) in [5.41, 5.74) is 2.19. The molecule has 20 heavy (non-hydrogen) atoms. The van der Waals surface area contributed by atoms with Gasteiger partial charge in [-0.3, -0.25) is 0 Å². The van der Waals surface area contributed by atoms with E-state index in [1.165, 1.54) is 38.5 Å². The van der Waals surface area contributed by atoms with Gasteiger partial charge in [-0.1, -0.05) is 25.7 Å². The van der Waals surface area contributed by atoms with Crippen molar-refractivity contribution in [2.45, 2.75) is 57.9 Å². The van der Waals surface area contributed by atoms with Gasteiger partial charge in [0.25, 0.3) is 0 Å². The van der Waals surface area contributed by atoms with E-state index in [1.807, 2.05) is 0 Å². The van der Waals surface area contributed by atoms with Crippen LogP contribution < -0.4 is 5.32 Å². The third-order valence-corrected chi connectivity index (χ3v) is 3.93. The molecule has 0 atom stereocenters. The maximum Gasteiger partial charge on any atom is 0.131 e. The molecule has 1 heterocycles. The maximum absolute atomic E-state index is 5.04. The molecule has 4 heteroatoms. The van der Waals surface area contributed by atoms with Gasteiger partial charge >= 0.3 is 0 Å². The predicted molar refractivity (Wildman–Crippen MR) is 80.8 cm³/mol. The fraction of sp³-hybridized carbons (Fsp3) is 0.750. The third kappa shape index (κ3) is 4.84. The van der Waals surface area contributed by atoms with Crippen molar-refractivity contribution in [3.8, 4) is 0 Å². The van der Waals surface area contributed by atoms with Crippen molar-refractivity contribution in [2.75, 3.05) is 20.3 Å². The van der Waals surface area contributed by atoms with Crippen LogP contribution in [0.15, 0.2) is 6.07 Å². The number of aryl methyl sites for hydroxylation is 1. The summed E-state index contributed by atoms with van der Waals surface area (Å²) >= 11 is 0. The topological polar surface area (TPSA) is 47.0 Å². The van der Waals surface area contributed by atoms with Crippen molar-refractivity contribution in [1.82, 2.24) is 15.3 Å². The molecule has 112 valence electrons. The summed E-state index contributed by atoms with van der Waals surface area (Å²) in [6, 6.07) is 2.08. The summed E-state index contributed by atoms with van der Waals surface area (Å²) in [5, 5.41) is 3.36. The highest BCUT2D eigenvalue weighted by atomic mass is 16.5. The Kier molecular flexibility index (Phi) is 6.40. The Labute approximate surface area is 122 Å². The molecule has 1 aromatic heterocycles. The van der Waals surface area contributed by atoms with Gasteiger partial charge in [0.1, 0.15) is 5.82 Å². The van der Waals surface area contributed by atoms with Crippen LogP contribution >= 0.6 is 0 Å². The van der Waals surface area contributed by atoms with E-state index in [0.717, 1.165) is 36.9 Å². The zero-order chi connectivity index (χ0) is 14.2. The van der Waals surface area contributed by atoms with Crippen molar-refractivity contribution < 1.29 is 4.74 Å². The quantitative estimate of drug-likeness (QED) is 0.641. The number of nitrogens with zero attached hydrogens (tertiary/aromatic N) is 2. The summed E-state index contributed by atoms with van der Waals surface area (Å²) in [7, 11) is 1.72. The van der Waals surface area contributed by atoms with Crippen molar-refractivity contribution in [1.29, 1.82) is 0 Å². The van der Waals surface area contributed by atoms with Crippen molar-refractivity contribution in [3.63, 3.8) is 0 Å². The number of nitrogens with one attached hydrogen (secondary N) is 1. The fourth-order valence-electron chi connectivity index (χ4n) is 2.86. The Morgan fingerprint density at radius 1 is 1.20 bits per heavy atom. The van der Waals surface area contributed by atoms with Gasteiger partial charge in [-0.25, -0.2) is 9.97 Å². The summed E-state index contributed by atoms with van der Waals surface area (Å²) in [6.45, 7) is 4.46. The number of methoxy groups -OCH3 is 1. The van der Waals surface area contributed by atoms with Gasteiger partial charge in [-0.2, -0.15) is 0 Å². The molecule has 0 aliphatic heterocycles. The standard InChI is InChI=1S/C16H27N3O/c1-13-11-15(12-17-9-10-20-2)19-16(18-13)14-7-5-3-4-6-8-14/h11,14,17H,3-10,12H2,1-2H3. The van der Waals surface area contributed by atoms with E-state index in [9.17, 15) is 0 Å². The Morgan fingerprint density at radius 2 is 1.95 bits per heavy atom. The molecule has 0 radical (unpaired) electrons. The van der Waals surface area contributed by atoms with Crippen LogP contribution in [0.4, 0.5) is 0 Å². The minimum absolute atomic E-state index is 0.565. The molecule has 0 saturated heterocycles. The van der Waals surface area contributed by atoms with Crippen molar-refractivity contribution in [3.05, 3.63) is 23.3 Å². The second kappa shape index (κ2) is 8.32. The lowest BCUT2D eigenvalue weighted by atomic mass is 9.99. The van der Waals surface area contributed by atoms with Crippen LogP contribution in [0.1, 0.15) is 61.7 Å². The lowest BCUT2D eigenvalue weighted by molar-refractivity contribution is 0.199. The number of rotatable bonds is 6. The van der Waals surface area contributed by atoms with Crippen LogP contribution in [0, 0.1) is 6.92 Å². The summed E-state index contributed by atoms with van der Waals surface area (Å²) < 4.78 is 5.04. The lowest BCUT2D eigenvalue weighted by Crippen LogP contribution is -2.20. The second-order valence-corrected chi connectivity index (χ2v) is 5.72. The number of ether oxygens (including phenoxy) is 1. The Bertz CT molecular complexity index is 401. The molecule has 1 aromatic rings. The van der Waals surface area contributed by atoms with Crippen LogP contribution in [0.2, 0.25) is 0 Å². The molecule has 0 aromatic carbocycles. The molecule has 1 aliphatic carbocycles. The normalized spacial score (nSPS) is 17.1. The molecular formula is C16H27N3O. The first-order valence-corrected chi connectivity index (χ1v) is 7.83. The molecule has 1 N–H and O–H groups in total. The molecule has 4 nitrogen and oxygen atoms in total. The van der Waals surface area contributed by atoms with Gasteiger partial charge in [-0.15, -0.1) is 0 Å². The Balaban J connectivity index is 1.99. The van der Waals surface area contributed by atoms with E-state index in [4.69, 9.17) is 9.72 Å². The minimum atomic E-state index is 0.565. The molecule has 1 aliphatic rings. The van der Waals surface area contributed by atoms with Crippen molar-refractivity contribution in [2.24, 2.45) is 0 Å². The number of aromatic nitrogens is 2. The SMILES string of the molecule is COCCNCc1cc(C)nc(C2CCCCCC2)n1. The molecule has 0 unspecified atom stereocenters. The van der Waals surface area contributed by atoms with Gasteiger partial charge in [0, 0.05) is 31.8 Å². The largest absolute Gasteiger partial charge is 0.383 e. The highest BCUT2D eigenvalue weighted by Gasteiger charge is 2.17. The zero-order valence-corrected chi connectivity index (χ0v) is 12.8. The number of hydrogen-bond acceptors (Lipinski definition) is 4. The van der Waals surface area contributed by atoms with Crippen LogP contribution in [-0.4, -0.2) is 30.2 Å². The predicted octanol–water partition coefficient (Wildman–Crippen LogP) is 2.96. The van der Waals surface area contributed by atoms with Gasteiger partial charge in [-0.05, 0) is 25.8 Å². The average Bonchev–Trinajstić information content (AvgIpc) is 2.72. The first kappa shape index (κ1) is 15.4. The molecule has 1 saturated carbocycles. The molecule has 0 spiro atoms. The maximum atomic E-state index is 5.04. The first-order chi connectivity index (χ1) is 9.79. The van der Waals surface area contributed by atoms with E-state index in [2.05, 4.69) is 23.3 Å². The van der Waals surface area contributed by atoms with E-state index in [-0.39, 0.29) is 0 Å². The Morgan fingerprint density at radius 3 is 2.65 bits per heavy atom. The number of hydrogen-bond donors (Lipinski definition) is 1. The van der Waals surface area contributed by atoms with E-state index >= 15 is 0 Å². The molecule has 2 rings (SSSR count). The molecule has 0 bridgehead atoms. The van der Waals surface area contributed by atoms with Crippen LogP contribution in [-0.2, 0) is 11.3 Å². The van der Waals surface area contributed by atoms with Gasteiger partial charge < -0.3 is 10.1 Å². The van der Waals surface area contributed by atoms with Crippen molar-refractivity contribution >= 4 is 0 Å². The average molecular weight is 277 g/mol. The summed E-state index contributed by atoms with van der Waals surface area (Å²) in [5.74, 6) is 1.63. The molecule has 1 fully saturated rings. The lowest BCUT2D eigenvalue weighted by Gasteiger charge is -2.14. The smallest absolute Gasteiger partial charge is 0.131 e. The minimum Gasteiger partial charge on any atom is -0.383 e. The van der Waals surface area contributed by atoms with Gasteiger partial charge in [0.15, 0.2) is 0 Å². The first-order valence-electron chi connectivity index (χ1n) is 7.83. The second-order valence-electron chi connectivity index (χ2n) is 5.72. The molecular weight excluding hydrogens is 250 g/mol. The summed E-state index contributed by atoms with van der Waals surface area (Å²) in [4.78, 5) is 9.46. The van der Waals surface area contributed by atoms with Crippen LogP contribution in [0.3, 0.4) is 0 Å². The van der Waals surface area contributed by atoms with E-state index < -0.39 is 0 Å². The monoisotopic (exact) mass is 277 g/mol. The highest BCUT2D eigenvalue weighted by Crippen LogP contribution is 2.29. The Hall–Kier alpha value is -1.00. The van der Waals surface area contributed by atoms with Gasteiger partial charge in [0.2, 0.25) is 0 Å². The fourth-order valence-corrected chi connectivity index (χ4v) is 2.86. The zero-order valence-electron chi connectivity index (χ0n) is 12.8. The summed E-state index contributed by atoms with van der Waals surface area (Å²) in [6.07, 6.45) is 7.88. The van der Waals surface area contributed by atoms with Crippen LogP contribution in [0.5, 0.6) is 0 Å². The van der Waals surface area contributed by atoms with E-state index in [1.54, 1.807) is 7.11 Å². The molecule has 0 amide bonds. The van der Waals surface area contributed by atoms with Gasteiger partial charge in [0.05, 0.1) is 12.3 Å². The van der Waals surface area contributed by atoms with E-state index in [0.29, 0.717) is 5.92 Å².